The third-order valence-corrected chi connectivity index (χ3v) is 7.42. The maximum absolute atomic E-state index is 6.34. The van der Waals surface area contributed by atoms with Crippen molar-refractivity contribution < 1.29 is 14.2 Å². The molecule has 2 N–H and O–H groups in total. The average Bonchev–Trinajstić information content (AvgIpc) is 3.32. The zero-order valence-electron chi connectivity index (χ0n) is 22.8. The molecule has 1 fully saturated rings. The molecule has 6 heteroatoms. The maximum atomic E-state index is 6.34. The van der Waals surface area contributed by atoms with E-state index in [4.69, 9.17) is 19.9 Å². The van der Waals surface area contributed by atoms with E-state index in [0.717, 1.165) is 49.4 Å². The highest BCUT2D eigenvalue weighted by atomic mass is 16.5. The van der Waals surface area contributed by atoms with Gasteiger partial charge in [-0.2, -0.15) is 0 Å². The minimum atomic E-state index is 0.305. The van der Waals surface area contributed by atoms with Gasteiger partial charge in [0.1, 0.15) is 17.6 Å². The summed E-state index contributed by atoms with van der Waals surface area (Å²) in [5.41, 5.74) is 10.1. The number of aryl methyl sites for hydroxylation is 1. The Hall–Kier alpha value is -3.64. The summed E-state index contributed by atoms with van der Waals surface area (Å²) in [4.78, 5) is 2.57. The summed E-state index contributed by atoms with van der Waals surface area (Å²) in [6, 6.07) is 22.4. The van der Waals surface area contributed by atoms with Crippen LogP contribution in [-0.4, -0.2) is 42.3 Å². The molecule has 3 aromatic carbocycles. The summed E-state index contributed by atoms with van der Waals surface area (Å²) < 4.78 is 20.3. The number of ether oxygens (including phenoxy) is 3. The van der Waals surface area contributed by atoms with Crippen LogP contribution < -0.4 is 19.9 Å². The molecule has 0 saturated carbocycles. The lowest BCUT2D eigenvalue weighted by molar-refractivity contribution is 0.0998. The largest absolute Gasteiger partial charge is 0.493 e. The number of anilines is 1. The molecule has 200 valence electrons. The zero-order chi connectivity index (χ0) is 26.5. The Kier molecular flexibility index (Phi) is 8.08. The SMILES string of the molecule is CCCCN1CCC(Oc2ccc(-c3cc4cc(Oc5ccc(N)cc5OC)ccc4n3CC)cc2)CC1. The number of fused-ring (bicyclic) bond motifs is 1. The normalized spacial score (nSPS) is 14.6. The molecule has 1 aliphatic rings. The number of nitrogen functional groups attached to an aromatic ring is 1. The Labute approximate surface area is 225 Å². The van der Waals surface area contributed by atoms with E-state index in [1.807, 2.05) is 18.2 Å². The average molecular weight is 514 g/mol. The van der Waals surface area contributed by atoms with Gasteiger partial charge >= 0.3 is 0 Å². The molecular formula is C32H39N3O3. The number of rotatable bonds is 10. The lowest BCUT2D eigenvalue weighted by atomic mass is 10.1. The molecule has 4 aromatic rings. The molecule has 38 heavy (non-hydrogen) atoms. The Morgan fingerprint density at radius 2 is 1.63 bits per heavy atom. The summed E-state index contributed by atoms with van der Waals surface area (Å²) in [5.74, 6) is 2.96. The molecule has 0 amide bonds. The fraction of sp³-hybridized carbons (Fsp3) is 0.375. The molecule has 0 aliphatic carbocycles. The predicted molar refractivity (Wildman–Crippen MR) is 156 cm³/mol. The Morgan fingerprint density at radius 1 is 0.868 bits per heavy atom. The number of methoxy groups -OCH3 is 1. The van der Waals surface area contributed by atoms with Crippen molar-refractivity contribution in [1.82, 2.24) is 9.47 Å². The first-order chi connectivity index (χ1) is 18.6. The van der Waals surface area contributed by atoms with Crippen LogP contribution in [0.4, 0.5) is 5.69 Å². The number of hydrogen-bond acceptors (Lipinski definition) is 5. The van der Waals surface area contributed by atoms with Crippen LogP contribution in [-0.2, 0) is 6.54 Å². The first kappa shape index (κ1) is 26.0. The monoisotopic (exact) mass is 513 g/mol. The molecule has 0 unspecified atom stereocenters. The number of hydrogen-bond donors (Lipinski definition) is 1. The number of unbranched alkanes of at least 4 members (excludes halogenated alkanes) is 1. The third-order valence-electron chi connectivity index (χ3n) is 7.42. The zero-order valence-corrected chi connectivity index (χ0v) is 22.8. The fourth-order valence-corrected chi connectivity index (χ4v) is 5.32. The van der Waals surface area contributed by atoms with Crippen LogP contribution >= 0.6 is 0 Å². The molecule has 2 heterocycles. The van der Waals surface area contributed by atoms with Crippen LogP contribution in [0.2, 0.25) is 0 Å². The van der Waals surface area contributed by atoms with Crippen molar-refractivity contribution in [2.45, 2.75) is 52.2 Å². The van der Waals surface area contributed by atoms with Gasteiger partial charge in [0.15, 0.2) is 11.5 Å². The van der Waals surface area contributed by atoms with Gasteiger partial charge in [0.05, 0.1) is 7.11 Å². The van der Waals surface area contributed by atoms with Crippen molar-refractivity contribution in [2.24, 2.45) is 0 Å². The van der Waals surface area contributed by atoms with Crippen molar-refractivity contribution in [3.8, 4) is 34.3 Å². The van der Waals surface area contributed by atoms with E-state index in [0.29, 0.717) is 23.3 Å². The van der Waals surface area contributed by atoms with Crippen molar-refractivity contribution >= 4 is 16.6 Å². The molecule has 1 aliphatic heterocycles. The summed E-state index contributed by atoms with van der Waals surface area (Å²) >= 11 is 0. The minimum absolute atomic E-state index is 0.305. The lowest BCUT2D eigenvalue weighted by Gasteiger charge is -2.32. The highest BCUT2D eigenvalue weighted by Gasteiger charge is 2.20. The first-order valence-corrected chi connectivity index (χ1v) is 13.8. The molecule has 5 rings (SSSR count). The van der Waals surface area contributed by atoms with Crippen molar-refractivity contribution in [3.05, 3.63) is 66.7 Å². The molecule has 0 bridgehead atoms. The highest BCUT2D eigenvalue weighted by molar-refractivity contribution is 5.88. The van der Waals surface area contributed by atoms with Crippen molar-refractivity contribution in [2.75, 3.05) is 32.5 Å². The van der Waals surface area contributed by atoms with Crippen molar-refractivity contribution in [3.63, 3.8) is 0 Å². The summed E-state index contributed by atoms with van der Waals surface area (Å²) in [6.07, 6.45) is 5.05. The van der Waals surface area contributed by atoms with Gasteiger partial charge in [-0.25, -0.2) is 0 Å². The number of benzene rings is 3. The van der Waals surface area contributed by atoms with Gasteiger partial charge in [0.25, 0.3) is 0 Å². The minimum Gasteiger partial charge on any atom is -0.493 e. The van der Waals surface area contributed by atoms with Gasteiger partial charge in [-0.3, -0.25) is 0 Å². The molecule has 1 aromatic heterocycles. The predicted octanol–water partition coefficient (Wildman–Crippen LogP) is 7.35. The van der Waals surface area contributed by atoms with Crippen LogP contribution in [0.25, 0.3) is 22.2 Å². The standard InChI is InChI=1S/C32H39N3O3/c1-4-6-17-34-18-15-27(16-19-34)37-26-10-7-23(8-11-26)30-21-24-20-28(12-13-29(24)35(30)5-2)38-31-14-9-25(33)22-32(31)36-3/h7-14,20-22,27H,4-6,15-19,33H2,1-3H3. The van der Waals surface area contributed by atoms with E-state index in [-0.39, 0.29) is 0 Å². The maximum Gasteiger partial charge on any atom is 0.169 e. The van der Waals surface area contributed by atoms with Gasteiger partial charge < -0.3 is 29.4 Å². The second-order valence-corrected chi connectivity index (χ2v) is 10.0. The highest BCUT2D eigenvalue weighted by Crippen LogP contribution is 2.36. The van der Waals surface area contributed by atoms with Gasteiger partial charge in [0, 0.05) is 48.0 Å². The quantitative estimate of drug-likeness (QED) is 0.225. The third kappa shape index (κ3) is 5.76. The first-order valence-electron chi connectivity index (χ1n) is 13.8. The molecule has 0 atom stereocenters. The van der Waals surface area contributed by atoms with Crippen LogP contribution in [0.5, 0.6) is 23.0 Å². The van der Waals surface area contributed by atoms with Gasteiger partial charge in [-0.15, -0.1) is 0 Å². The van der Waals surface area contributed by atoms with Crippen molar-refractivity contribution in [1.29, 1.82) is 0 Å². The number of nitrogens with two attached hydrogens (primary N) is 1. The van der Waals surface area contributed by atoms with E-state index in [1.54, 1.807) is 13.2 Å². The van der Waals surface area contributed by atoms with Gasteiger partial charge in [0.2, 0.25) is 0 Å². The summed E-state index contributed by atoms with van der Waals surface area (Å²) in [7, 11) is 1.62. The van der Waals surface area contributed by atoms with Crippen LogP contribution in [0.15, 0.2) is 66.7 Å². The molecule has 0 radical (unpaired) electrons. The number of aromatic nitrogens is 1. The summed E-state index contributed by atoms with van der Waals surface area (Å²) in [6.45, 7) is 8.79. The lowest BCUT2D eigenvalue weighted by Crippen LogP contribution is -2.38. The van der Waals surface area contributed by atoms with E-state index < -0.39 is 0 Å². The van der Waals surface area contributed by atoms with Gasteiger partial charge in [-0.1, -0.05) is 13.3 Å². The van der Waals surface area contributed by atoms with Crippen LogP contribution in [0, 0.1) is 0 Å². The smallest absolute Gasteiger partial charge is 0.169 e. The number of piperidine rings is 1. The number of nitrogens with zero attached hydrogens (tertiary/aromatic N) is 2. The molecule has 6 nitrogen and oxygen atoms in total. The van der Waals surface area contributed by atoms with E-state index in [1.165, 1.54) is 36.2 Å². The Bertz CT molecular complexity index is 1350. The second-order valence-electron chi connectivity index (χ2n) is 10.0. The second kappa shape index (κ2) is 11.8. The molecule has 1 saturated heterocycles. The number of likely N-dealkylation sites (tertiary alicyclic amines) is 1. The molecular weight excluding hydrogens is 474 g/mol. The van der Waals surface area contributed by atoms with Crippen LogP contribution in [0.1, 0.15) is 39.5 Å². The fourth-order valence-electron chi connectivity index (χ4n) is 5.32. The Morgan fingerprint density at radius 3 is 2.34 bits per heavy atom. The van der Waals surface area contributed by atoms with E-state index >= 15 is 0 Å². The summed E-state index contributed by atoms with van der Waals surface area (Å²) in [5, 5.41) is 1.13. The Balaban J connectivity index is 1.30. The van der Waals surface area contributed by atoms with Gasteiger partial charge in [-0.05, 0) is 99.0 Å². The molecule has 0 spiro atoms. The topological polar surface area (TPSA) is 61.9 Å². The van der Waals surface area contributed by atoms with E-state index in [2.05, 4.69) is 65.8 Å². The van der Waals surface area contributed by atoms with Crippen LogP contribution in [0.3, 0.4) is 0 Å². The van der Waals surface area contributed by atoms with E-state index in [9.17, 15) is 0 Å².